The lowest BCUT2D eigenvalue weighted by Crippen LogP contribution is -2.62. The molecule has 7 nitrogen and oxygen atoms in total. The van der Waals surface area contributed by atoms with Crippen LogP contribution in [0.1, 0.15) is 90.9 Å². The first-order valence-electron chi connectivity index (χ1n) is 17.5. The predicted octanol–water partition coefficient (Wildman–Crippen LogP) is 7.25. The predicted molar refractivity (Wildman–Crippen MR) is 177 cm³/mol. The van der Waals surface area contributed by atoms with E-state index in [0.717, 1.165) is 56.5 Å². The highest BCUT2D eigenvalue weighted by atomic mass is 28.4. The van der Waals surface area contributed by atoms with Gasteiger partial charge in [-0.25, -0.2) is 4.79 Å². The number of esters is 1. The first kappa shape index (κ1) is 33.4. The van der Waals surface area contributed by atoms with Crippen LogP contribution in [0, 0.1) is 28.6 Å². The minimum Gasteiger partial charge on any atom is -0.871 e. The van der Waals surface area contributed by atoms with Crippen molar-refractivity contribution in [2.45, 2.75) is 117 Å². The third kappa shape index (κ3) is 4.92. The summed E-state index contributed by atoms with van der Waals surface area (Å²) >= 11 is 0. The van der Waals surface area contributed by atoms with E-state index in [1.807, 2.05) is 6.07 Å². The smallest absolute Gasteiger partial charge is 0.343 e. The standard InChI is InChI=1S/C38H52O7Si/c1-8-46(9-2,10-3)45-38-30-26(22-39)16-17-28-31-27(24(4)5)18-19-36(31,6)20-21-37(28,7)33(30)44-35(38)42-23-29(32(38)40)43-34(41)25-14-12-11-13-15-25/h11-16,22,24,28,30,33,35,40H,8-10,17-21,23H2,1-7H3/p-1/t28-,30-,33+,35+,36-,37-,38-/m1/s1. The number of hydrogen-bond acceptors (Lipinski definition) is 7. The third-order valence-electron chi connectivity index (χ3n) is 12.6. The first-order valence-corrected chi connectivity index (χ1v) is 20.0. The topological polar surface area (TPSA) is 94.1 Å². The Morgan fingerprint density at radius 1 is 1.09 bits per heavy atom. The van der Waals surface area contributed by atoms with Gasteiger partial charge in [0.15, 0.2) is 14.6 Å². The number of ether oxygens (including phenoxy) is 3. The van der Waals surface area contributed by atoms with Crippen molar-refractivity contribution in [3.05, 3.63) is 70.2 Å². The van der Waals surface area contributed by atoms with Crippen LogP contribution in [0.3, 0.4) is 0 Å². The number of benzene rings is 1. The van der Waals surface area contributed by atoms with Gasteiger partial charge in [-0.15, -0.1) is 0 Å². The van der Waals surface area contributed by atoms with Crippen LogP contribution in [0.2, 0.25) is 18.1 Å². The summed E-state index contributed by atoms with van der Waals surface area (Å²) in [7, 11) is -2.52. The maximum atomic E-state index is 15.1. The Morgan fingerprint density at radius 2 is 1.78 bits per heavy atom. The highest BCUT2D eigenvalue weighted by Gasteiger charge is 2.69. The highest BCUT2D eigenvalue weighted by Crippen LogP contribution is 2.67. The van der Waals surface area contributed by atoms with Gasteiger partial charge in [0, 0.05) is 11.3 Å². The van der Waals surface area contributed by atoms with Crippen molar-refractivity contribution in [3.8, 4) is 0 Å². The number of carbonyl (C=O) groups is 2. The average Bonchev–Trinajstić information content (AvgIpc) is 3.56. The molecule has 2 heterocycles. The van der Waals surface area contributed by atoms with E-state index in [1.54, 1.807) is 35.4 Å². The highest BCUT2D eigenvalue weighted by molar-refractivity contribution is 6.73. The third-order valence-corrected chi connectivity index (χ3v) is 17.3. The second kappa shape index (κ2) is 12.2. The molecule has 0 unspecified atom stereocenters. The lowest BCUT2D eigenvalue weighted by atomic mass is 9.53. The molecule has 2 fully saturated rings. The second-order valence-corrected chi connectivity index (χ2v) is 19.8. The minimum atomic E-state index is -2.52. The summed E-state index contributed by atoms with van der Waals surface area (Å²) in [5.74, 6) is -1.20. The van der Waals surface area contributed by atoms with Gasteiger partial charge in [-0.2, -0.15) is 0 Å². The fraction of sp³-hybridized carbons (Fsp3) is 0.632. The molecular formula is C38H51O7Si-. The fourth-order valence-corrected chi connectivity index (χ4v) is 12.6. The maximum Gasteiger partial charge on any atom is 0.343 e. The molecule has 6 rings (SSSR count). The minimum absolute atomic E-state index is 0.0893. The normalized spacial score (nSPS) is 35.6. The summed E-state index contributed by atoms with van der Waals surface area (Å²) < 4.78 is 26.6. The maximum absolute atomic E-state index is 15.1. The van der Waals surface area contributed by atoms with Gasteiger partial charge in [-0.05, 0) is 85.2 Å². The van der Waals surface area contributed by atoms with Gasteiger partial charge in [0.05, 0.1) is 11.7 Å². The molecule has 0 spiro atoms. The Hall–Kier alpha value is -2.52. The molecule has 3 aliphatic carbocycles. The Labute approximate surface area is 275 Å². The van der Waals surface area contributed by atoms with E-state index in [4.69, 9.17) is 18.6 Å². The van der Waals surface area contributed by atoms with Crippen molar-refractivity contribution >= 4 is 20.6 Å². The lowest BCUT2D eigenvalue weighted by Gasteiger charge is -2.54. The van der Waals surface area contributed by atoms with Crippen LogP contribution in [0.15, 0.2) is 64.6 Å². The zero-order chi connectivity index (χ0) is 33.1. The molecule has 1 aromatic carbocycles. The van der Waals surface area contributed by atoms with Crippen molar-refractivity contribution in [1.82, 2.24) is 0 Å². The molecule has 7 atom stereocenters. The van der Waals surface area contributed by atoms with E-state index < -0.39 is 44.0 Å². The zero-order valence-electron chi connectivity index (χ0n) is 28.6. The van der Waals surface area contributed by atoms with Crippen molar-refractivity contribution in [1.29, 1.82) is 0 Å². The summed E-state index contributed by atoms with van der Waals surface area (Å²) in [6.45, 7) is 15.5. The number of carbonyl (C=O) groups excluding carboxylic acids is 2. The van der Waals surface area contributed by atoms with Gasteiger partial charge in [-0.3, -0.25) is 4.79 Å². The van der Waals surface area contributed by atoms with E-state index in [9.17, 15) is 9.59 Å². The molecule has 46 heavy (non-hydrogen) atoms. The van der Waals surface area contributed by atoms with Crippen molar-refractivity contribution in [2.75, 3.05) is 6.61 Å². The van der Waals surface area contributed by atoms with Crippen LogP contribution in [0.5, 0.6) is 0 Å². The van der Waals surface area contributed by atoms with Crippen molar-refractivity contribution in [2.24, 2.45) is 28.6 Å². The quantitative estimate of drug-likeness (QED) is 0.121. The summed E-state index contributed by atoms with van der Waals surface area (Å²) in [4.78, 5) is 26.4. The zero-order valence-corrected chi connectivity index (χ0v) is 29.6. The molecule has 0 bridgehead atoms. The van der Waals surface area contributed by atoms with Crippen LogP contribution in [-0.4, -0.2) is 45.2 Å². The average molecular weight is 648 g/mol. The summed E-state index contributed by atoms with van der Waals surface area (Å²) in [5.41, 5.74) is 2.11. The fourth-order valence-electron chi connectivity index (χ4n) is 9.64. The van der Waals surface area contributed by atoms with Gasteiger partial charge >= 0.3 is 5.97 Å². The molecule has 1 saturated heterocycles. The Balaban J connectivity index is 1.53. The lowest BCUT2D eigenvalue weighted by molar-refractivity contribution is -0.361. The van der Waals surface area contributed by atoms with Crippen molar-refractivity contribution in [3.63, 3.8) is 0 Å². The Bertz CT molecular complexity index is 1450. The monoisotopic (exact) mass is 647 g/mol. The molecule has 1 aromatic rings. The molecule has 2 aliphatic heterocycles. The molecule has 5 aliphatic rings. The van der Waals surface area contributed by atoms with E-state index in [1.165, 1.54) is 0 Å². The molecule has 0 N–H and O–H groups in total. The van der Waals surface area contributed by atoms with Gasteiger partial charge in [0.2, 0.25) is 0 Å². The Kier molecular flexibility index (Phi) is 8.83. The largest absolute Gasteiger partial charge is 0.871 e. The van der Waals surface area contributed by atoms with Crippen molar-refractivity contribution < 1.29 is 33.3 Å². The van der Waals surface area contributed by atoms with Crippen LogP contribution < -0.4 is 5.11 Å². The summed E-state index contributed by atoms with van der Waals surface area (Å²) in [6, 6.07) is 11.0. The molecule has 0 amide bonds. The molecule has 0 aromatic heterocycles. The Morgan fingerprint density at radius 3 is 2.41 bits per heavy atom. The summed E-state index contributed by atoms with van der Waals surface area (Å²) in [6.07, 6.45) is 6.40. The molecule has 250 valence electrons. The number of fused-ring (bicyclic) bond motifs is 7. The van der Waals surface area contributed by atoms with E-state index >= 15 is 5.11 Å². The number of allylic oxidation sites excluding steroid dienone is 3. The van der Waals surface area contributed by atoms with Gasteiger partial charge in [0.1, 0.15) is 24.3 Å². The number of hydrogen-bond donors (Lipinski definition) is 0. The van der Waals surface area contributed by atoms with Crippen LogP contribution >= 0.6 is 0 Å². The first-order chi connectivity index (χ1) is 21.9. The van der Waals surface area contributed by atoms with E-state index in [0.29, 0.717) is 17.1 Å². The molecule has 0 radical (unpaired) electrons. The van der Waals surface area contributed by atoms with E-state index in [-0.39, 0.29) is 29.1 Å². The van der Waals surface area contributed by atoms with Gasteiger partial charge in [-0.1, -0.05) is 89.6 Å². The van der Waals surface area contributed by atoms with Crippen LogP contribution in [0.4, 0.5) is 0 Å². The molecule has 1 saturated carbocycles. The van der Waals surface area contributed by atoms with Crippen LogP contribution in [0.25, 0.3) is 0 Å². The van der Waals surface area contributed by atoms with Gasteiger partial charge in [0.25, 0.3) is 0 Å². The second-order valence-electron chi connectivity index (χ2n) is 15.1. The molecular weight excluding hydrogens is 596 g/mol. The number of rotatable bonds is 9. The van der Waals surface area contributed by atoms with Crippen LogP contribution in [-0.2, 0) is 23.4 Å². The molecule has 8 heteroatoms. The number of aldehydes is 1. The SMILES string of the molecule is CC[Si](CC)(CC)O[C@]12C([O-])=C(OC(=O)c3ccccc3)CO[C@H]1O[C@H]1[C@H]2C(C=O)=CC[C@@H]2C3=C(C(C)C)CC[C@]3(C)CC[C@]21C. The van der Waals surface area contributed by atoms with E-state index in [2.05, 4.69) is 54.5 Å². The summed E-state index contributed by atoms with van der Waals surface area (Å²) in [5, 5.41) is 15.1. The van der Waals surface area contributed by atoms with Gasteiger partial charge < -0.3 is 23.7 Å².